The third kappa shape index (κ3) is 4.12. The Morgan fingerprint density at radius 2 is 1.82 bits per heavy atom. The van der Waals surface area contributed by atoms with E-state index in [1.54, 1.807) is 0 Å². The monoisotopic (exact) mass is 232 g/mol. The molecule has 1 aliphatic rings. The molecule has 0 amide bonds. The lowest BCUT2D eigenvalue weighted by Gasteiger charge is -2.23. The maximum atomic E-state index is 4.05. The van der Waals surface area contributed by atoms with Gasteiger partial charge in [0, 0.05) is 25.0 Å². The SMILES string of the molecule is C[C@@H](NCc1ccncc1)C1CCCCCC1. The fourth-order valence-corrected chi connectivity index (χ4v) is 2.76. The summed E-state index contributed by atoms with van der Waals surface area (Å²) in [6, 6.07) is 4.82. The molecule has 94 valence electrons. The van der Waals surface area contributed by atoms with Crippen LogP contribution in [0.15, 0.2) is 24.5 Å². The zero-order chi connectivity index (χ0) is 11.9. The van der Waals surface area contributed by atoms with E-state index in [1.807, 2.05) is 12.4 Å². The summed E-state index contributed by atoms with van der Waals surface area (Å²) in [6.07, 6.45) is 12.3. The minimum Gasteiger partial charge on any atom is -0.310 e. The molecule has 1 saturated carbocycles. The van der Waals surface area contributed by atoms with Gasteiger partial charge in [-0.15, -0.1) is 0 Å². The normalized spacial score (nSPS) is 19.8. The lowest BCUT2D eigenvalue weighted by Crippen LogP contribution is -2.32. The van der Waals surface area contributed by atoms with Gasteiger partial charge in [0.05, 0.1) is 0 Å². The van der Waals surface area contributed by atoms with E-state index in [9.17, 15) is 0 Å². The van der Waals surface area contributed by atoms with Crippen molar-refractivity contribution >= 4 is 0 Å². The first-order chi connectivity index (χ1) is 8.36. The van der Waals surface area contributed by atoms with Gasteiger partial charge in [-0.05, 0) is 43.4 Å². The van der Waals surface area contributed by atoms with Crippen LogP contribution in [0.25, 0.3) is 0 Å². The van der Waals surface area contributed by atoms with Crippen LogP contribution in [-0.4, -0.2) is 11.0 Å². The molecule has 0 aliphatic heterocycles. The summed E-state index contributed by atoms with van der Waals surface area (Å²) in [4.78, 5) is 4.05. The molecule has 2 heteroatoms. The van der Waals surface area contributed by atoms with E-state index >= 15 is 0 Å². The minimum atomic E-state index is 0.640. The van der Waals surface area contributed by atoms with E-state index < -0.39 is 0 Å². The zero-order valence-corrected chi connectivity index (χ0v) is 10.9. The molecule has 0 aromatic carbocycles. The number of aromatic nitrogens is 1. The smallest absolute Gasteiger partial charge is 0.0271 e. The topological polar surface area (TPSA) is 24.9 Å². The van der Waals surface area contributed by atoms with Crippen molar-refractivity contribution in [2.24, 2.45) is 5.92 Å². The highest BCUT2D eigenvalue weighted by Crippen LogP contribution is 2.25. The van der Waals surface area contributed by atoms with Crippen molar-refractivity contribution in [3.05, 3.63) is 30.1 Å². The summed E-state index contributed by atoms with van der Waals surface area (Å²) in [7, 11) is 0. The Morgan fingerprint density at radius 1 is 1.18 bits per heavy atom. The van der Waals surface area contributed by atoms with E-state index in [1.165, 1.54) is 44.1 Å². The Balaban J connectivity index is 1.78. The molecule has 1 aliphatic carbocycles. The predicted octanol–water partition coefficient (Wildman–Crippen LogP) is 3.53. The Kier molecular flexibility index (Phi) is 4.99. The Labute approximate surface area is 105 Å². The largest absolute Gasteiger partial charge is 0.310 e. The minimum absolute atomic E-state index is 0.640. The number of hydrogen-bond donors (Lipinski definition) is 1. The van der Waals surface area contributed by atoms with Crippen LogP contribution in [0.5, 0.6) is 0 Å². The molecule has 0 unspecified atom stereocenters. The highest BCUT2D eigenvalue weighted by Gasteiger charge is 2.18. The van der Waals surface area contributed by atoms with Gasteiger partial charge in [-0.1, -0.05) is 25.7 Å². The van der Waals surface area contributed by atoms with Gasteiger partial charge in [-0.2, -0.15) is 0 Å². The van der Waals surface area contributed by atoms with Gasteiger partial charge in [0.2, 0.25) is 0 Å². The summed E-state index contributed by atoms with van der Waals surface area (Å²) < 4.78 is 0. The van der Waals surface area contributed by atoms with E-state index in [0.717, 1.165) is 12.5 Å². The quantitative estimate of drug-likeness (QED) is 0.803. The molecule has 1 aromatic rings. The average Bonchev–Trinajstić information content (AvgIpc) is 2.66. The molecule has 0 radical (unpaired) electrons. The first-order valence-corrected chi connectivity index (χ1v) is 6.98. The molecule has 0 bridgehead atoms. The Hall–Kier alpha value is -0.890. The van der Waals surface area contributed by atoms with Gasteiger partial charge in [-0.25, -0.2) is 0 Å². The highest BCUT2D eigenvalue weighted by atomic mass is 14.9. The molecule has 2 nitrogen and oxygen atoms in total. The van der Waals surface area contributed by atoms with Crippen LogP contribution in [0.1, 0.15) is 51.0 Å². The molecule has 0 spiro atoms. The lowest BCUT2D eigenvalue weighted by atomic mass is 9.93. The molecule has 2 rings (SSSR count). The second-order valence-corrected chi connectivity index (χ2v) is 5.28. The van der Waals surface area contributed by atoms with E-state index in [4.69, 9.17) is 0 Å². The molecular formula is C15H24N2. The van der Waals surface area contributed by atoms with Gasteiger partial charge in [0.1, 0.15) is 0 Å². The number of nitrogens with zero attached hydrogens (tertiary/aromatic N) is 1. The third-order valence-corrected chi connectivity index (χ3v) is 3.98. The Morgan fingerprint density at radius 3 is 2.47 bits per heavy atom. The van der Waals surface area contributed by atoms with E-state index in [-0.39, 0.29) is 0 Å². The van der Waals surface area contributed by atoms with Crippen LogP contribution in [0, 0.1) is 5.92 Å². The van der Waals surface area contributed by atoms with Crippen molar-refractivity contribution in [1.82, 2.24) is 10.3 Å². The van der Waals surface area contributed by atoms with Gasteiger partial charge < -0.3 is 5.32 Å². The Bertz CT molecular complexity index is 302. The summed E-state index contributed by atoms with van der Waals surface area (Å²) in [5, 5.41) is 3.67. The zero-order valence-electron chi connectivity index (χ0n) is 10.9. The summed E-state index contributed by atoms with van der Waals surface area (Å²) in [5.74, 6) is 0.874. The molecule has 17 heavy (non-hydrogen) atoms. The first kappa shape index (κ1) is 12.6. The lowest BCUT2D eigenvalue weighted by molar-refractivity contribution is 0.336. The molecule has 0 saturated heterocycles. The second-order valence-electron chi connectivity index (χ2n) is 5.28. The second kappa shape index (κ2) is 6.75. The van der Waals surface area contributed by atoms with Crippen molar-refractivity contribution in [3.63, 3.8) is 0 Å². The summed E-state index contributed by atoms with van der Waals surface area (Å²) >= 11 is 0. The van der Waals surface area contributed by atoms with Crippen LogP contribution in [0.3, 0.4) is 0 Å². The molecule has 1 atom stereocenters. The fourth-order valence-electron chi connectivity index (χ4n) is 2.76. The highest BCUT2D eigenvalue weighted by molar-refractivity contribution is 5.09. The molecule has 1 heterocycles. The van der Waals surface area contributed by atoms with Crippen LogP contribution < -0.4 is 5.32 Å². The molecule has 1 aromatic heterocycles. The van der Waals surface area contributed by atoms with Gasteiger partial charge in [-0.3, -0.25) is 4.98 Å². The average molecular weight is 232 g/mol. The van der Waals surface area contributed by atoms with Crippen molar-refractivity contribution in [3.8, 4) is 0 Å². The fraction of sp³-hybridized carbons (Fsp3) is 0.667. The summed E-state index contributed by atoms with van der Waals surface area (Å²) in [5.41, 5.74) is 1.33. The number of rotatable bonds is 4. The molecule has 1 fully saturated rings. The van der Waals surface area contributed by atoms with Crippen molar-refractivity contribution in [2.45, 2.75) is 58.0 Å². The predicted molar refractivity (Wildman–Crippen MR) is 71.7 cm³/mol. The van der Waals surface area contributed by atoms with Gasteiger partial charge >= 0.3 is 0 Å². The van der Waals surface area contributed by atoms with Crippen LogP contribution in [0.2, 0.25) is 0 Å². The standard InChI is InChI=1S/C15H24N2/c1-13(15-6-4-2-3-5-7-15)17-12-14-8-10-16-11-9-14/h8-11,13,15,17H,2-7,12H2,1H3/t13-/m1/s1. The maximum absolute atomic E-state index is 4.05. The number of nitrogens with one attached hydrogen (secondary N) is 1. The molecule has 1 N–H and O–H groups in total. The van der Waals surface area contributed by atoms with Crippen molar-refractivity contribution in [2.75, 3.05) is 0 Å². The van der Waals surface area contributed by atoms with Crippen LogP contribution in [-0.2, 0) is 6.54 Å². The first-order valence-electron chi connectivity index (χ1n) is 6.98. The number of hydrogen-bond acceptors (Lipinski definition) is 2. The molecular weight excluding hydrogens is 208 g/mol. The maximum Gasteiger partial charge on any atom is 0.0271 e. The third-order valence-electron chi connectivity index (χ3n) is 3.98. The van der Waals surface area contributed by atoms with Crippen LogP contribution in [0.4, 0.5) is 0 Å². The van der Waals surface area contributed by atoms with E-state index in [2.05, 4.69) is 29.4 Å². The summed E-state index contributed by atoms with van der Waals surface area (Å²) in [6.45, 7) is 3.32. The van der Waals surface area contributed by atoms with Gasteiger partial charge in [0.25, 0.3) is 0 Å². The van der Waals surface area contributed by atoms with E-state index in [0.29, 0.717) is 6.04 Å². The van der Waals surface area contributed by atoms with Crippen molar-refractivity contribution < 1.29 is 0 Å². The van der Waals surface area contributed by atoms with Crippen LogP contribution >= 0.6 is 0 Å². The van der Waals surface area contributed by atoms with Gasteiger partial charge in [0.15, 0.2) is 0 Å². The number of pyridine rings is 1. The van der Waals surface area contributed by atoms with Crippen molar-refractivity contribution in [1.29, 1.82) is 0 Å².